The second-order valence-electron chi connectivity index (χ2n) is 5.25. The largest absolute Gasteiger partial charge is 0.466 e. The summed E-state index contributed by atoms with van der Waals surface area (Å²) in [6.45, 7) is 11.5. The number of hydrogen-bond donors (Lipinski definition) is 1. The molecule has 0 aromatic rings. The molecule has 1 aliphatic heterocycles. The van der Waals surface area contributed by atoms with Crippen molar-refractivity contribution in [1.82, 2.24) is 5.32 Å². The molecule has 0 aliphatic carbocycles. The number of esters is 1. The summed E-state index contributed by atoms with van der Waals surface area (Å²) in [5, 5.41) is 3.37. The maximum Gasteiger partial charge on any atom is 0.311 e. The van der Waals surface area contributed by atoms with E-state index in [0.29, 0.717) is 6.61 Å². The second-order valence-corrected chi connectivity index (χ2v) is 5.25. The third-order valence-corrected chi connectivity index (χ3v) is 3.03. The van der Waals surface area contributed by atoms with Gasteiger partial charge in [-0.3, -0.25) is 4.79 Å². The minimum atomic E-state index is -0.157. The zero-order chi connectivity index (χ0) is 11.0. The number of rotatable bonds is 2. The SMILES string of the molecule is CCOC(=O)C1C(C)(C)CNC1(C)C. The van der Waals surface area contributed by atoms with E-state index in [9.17, 15) is 4.79 Å². The van der Waals surface area contributed by atoms with Gasteiger partial charge in [0, 0.05) is 12.1 Å². The highest BCUT2D eigenvalue weighted by Gasteiger charge is 2.51. The van der Waals surface area contributed by atoms with Gasteiger partial charge in [0.15, 0.2) is 0 Å². The topological polar surface area (TPSA) is 38.3 Å². The minimum Gasteiger partial charge on any atom is -0.466 e. The van der Waals surface area contributed by atoms with Gasteiger partial charge in [-0.1, -0.05) is 13.8 Å². The summed E-state index contributed by atoms with van der Waals surface area (Å²) in [6, 6.07) is 0. The predicted octanol–water partition coefficient (Wildman–Crippen LogP) is 1.57. The number of carbonyl (C=O) groups excluding carboxylic acids is 1. The van der Waals surface area contributed by atoms with Crippen molar-refractivity contribution < 1.29 is 9.53 Å². The molecule has 82 valence electrons. The lowest BCUT2D eigenvalue weighted by Gasteiger charge is -2.31. The van der Waals surface area contributed by atoms with Gasteiger partial charge in [-0.05, 0) is 26.2 Å². The van der Waals surface area contributed by atoms with Crippen LogP contribution >= 0.6 is 0 Å². The van der Waals surface area contributed by atoms with Crippen molar-refractivity contribution >= 4 is 5.97 Å². The van der Waals surface area contributed by atoms with Gasteiger partial charge in [-0.15, -0.1) is 0 Å². The molecule has 1 atom stereocenters. The molecule has 1 fully saturated rings. The van der Waals surface area contributed by atoms with E-state index in [0.717, 1.165) is 6.54 Å². The molecule has 1 unspecified atom stereocenters. The van der Waals surface area contributed by atoms with Crippen LogP contribution in [0.5, 0.6) is 0 Å². The van der Waals surface area contributed by atoms with Crippen LogP contribution in [0.15, 0.2) is 0 Å². The molecule has 1 rings (SSSR count). The van der Waals surface area contributed by atoms with Crippen LogP contribution in [0.1, 0.15) is 34.6 Å². The zero-order valence-electron chi connectivity index (χ0n) is 9.81. The molecule has 3 nitrogen and oxygen atoms in total. The Morgan fingerprint density at radius 3 is 2.36 bits per heavy atom. The molecule has 0 amide bonds. The summed E-state index contributed by atoms with van der Waals surface area (Å²) in [6.07, 6.45) is 0. The van der Waals surface area contributed by atoms with Gasteiger partial charge < -0.3 is 10.1 Å². The Bertz CT molecular complexity index is 217. The summed E-state index contributed by atoms with van der Waals surface area (Å²) >= 11 is 0. The van der Waals surface area contributed by atoms with Crippen LogP contribution in [0.25, 0.3) is 0 Å². The molecular formula is C11H21NO2. The third-order valence-electron chi connectivity index (χ3n) is 3.03. The van der Waals surface area contributed by atoms with Crippen molar-refractivity contribution in [3.8, 4) is 0 Å². The summed E-state index contributed by atoms with van der Waals surface area (Å²) in [5.74, 6) is -0.137. The van der Waals surface area contributed by atoms with Gasteiger partial charge >= 0.3 is 5.97 Å². The highest BCUT2D eigenvalue weighted by atomic mass is 16.5. The van der Waals surface area contributed by atoms with Crippen molar-refractivity contribution in [2.45, 2.75) is 40.2 Å². The van der Waals surface area contributed by atoms with Crippen LogP contribution < -0.4 is 5.32 Å². The lowest BCUT2D eigenvalue weighted by Crippen LogP contribution is -2.44. The zero-order valence-corrected chi connectivity index (χ0v) is 9.81. The minimum absolute atomic E-state index is 0.0181. The highest BCUT2D eigenvalue weighted by Crippen LogP contribution is 2.41. The molecule has 0 radical (unpaired) electrons. The fourth-order valence-corrected chi connectivity index (χ4v) is 2.48. The van der Waals surface area contributed by atoms with Crippen LogP contribution in [-0.2, 0) is 9.53 Å². The van der Waals surface area contributed by atoms with E-state index in [2.05, 4.69) is 33.0 Å². The number of carbonyl (C=O) groups is 1. The summed E-state index contributed by atoms with van der Waals surface area (Å²) < 4.78 is 5.12. The Balaban J connectivity index is 2.86. The van der Waals surface area contributed by atoms with Crippen molar-refractivity contribution in [2.24, 2.45) is 11.3 Å². The first-order chi connectivity index (χ1) is 6.31. The van der Waals surface area contributed by atoms with Gasteiger partial charge in [-0.2, -0.15) is 0 Å². The third kappa shape index (κ3) is 1.92. The Labute approximate surface area is 86.2 Å². The fraction of sp³-hybridized carbons (Fsp3) is 0.909. The van der Waals surface area contributed by atoms with Crippen molar-refractivity contribution in [3.63, 3.8) is 0 Å². The van der Waals surface area contributed by atoms with Crippen LogP contribution in [0.4, 0.5) is 0 Å². The molecule has 1 heterocycles. The molecule has 1 N–H and O–H groups in total. The highest BCUT2D eigenvalue weighted by molar-refractivity contribution is 5.75. The maximum absolute atomic E-state index is 11.8. The smallest absolute Gasteiger partial charge is 0.311 e. The Hall–Kier alpha value is -0.570. The van der Waals surface area contributed by atoms with Crippen LogP contribution in [-0.4, -0.2) is 24.7 Å². The van der Waals surface area contributed by atoms with Crippen molar-refractivity contribution in [1.29, 1.82) is 0 Å². The molecule has 0 aromatic carbocycles. The summed E-state index contributed by atoms with van der Waals surface area (Å²) in [5.41, 5.74) is -0.175. The maximum atomic E-state index is 11.8. The van der Waals surface area contributed by atoms with Crippen molar-refractivity contribution in [3.05, 3.63) is 0 Å². The van der Waals surface area contributed by atoms with Crippen LogP contribution in [0, 0.1) is 11.3 Å². The average Bonchev–Trinajstić information content (AvgIpc) is 2.21. The normalized spacial score (nSPS) is 28.8. The fourth-order valence-electron chi connectivity index (χ4n) is 2.48. The molecule has 1 aliphatic rings. The number of ether oxygens (including phenoxy) is 1. The van der Waals surface area contributed by atoms with Crippen molar-refractivity contribution in [2.75, 3.05) is 13.2 Å². The Kier molecular flexibility index (Phi) is 2.91. The van der Waals surface area contributed by atoms with E-state index in [4.69, 9.17) is 4.74 Å². The van der Waals surface area contributed by atoms with E-state index < -0.39 is 0 Å². The van der Waals surface area contributed by atoms with E-state index in [1.54, 1.807) is 0 Å². The summed E-state index contributed by atoms with van der Waals surface area (Å²) in [7, 11) is 0. The lowest BCUT2D eigenvalue weighted by molar-refractivity contribution is -0.153. The quantitative estimate of drug-likeness (QED) is 0.686. The monoisotopic (exact) mass is 199 g/mol. The molecular weight excluding hydrogens is 178 g/mol. The first kappa shape index (κ1) is 11.5. The standard InChI is InChI=1S/C11H21NO2/c1-6-14-9(13)8-10(2,3)7-12-11(8,4)5/h8,12H,6-7H2,1-5H3. The number of hydrogen-bond acceptors (Lipinski definition) is 3. The average molecular weight is 199 g/mol. The Morgan fingerprint density at radius 1 is 1.43 bits per heavy atom. The predicted molar refractivity (Wildman–Crippen MR) is 56.0 cm³/mol. The van der Waals surface area contributed by atoms with Gasteiger partial charge in [0.2, 0.25) is 0 Å². The van der Waals surface area contributed by atoms with E-state index in [1.807, 2.05) is 6.92 Å². The molecule has 0 aromatic heterocycles. The van der Waals surface area contributed by atoms with Gasteiger partial charge in [0.05, 0.1) is 12.5 Å². The molecule has 14 heavy (non-hydrogen) atoms. The first-order valence-corrected chi connectivity index (χ1v) is 5.23. The lowest BCUT2D eigenvalue weighted by atomic mass is 9.74. The van der Waals surface area contributed by atoms with Crippen LogP contribution in [0.3, 0.4) is 0 Å². The molecule has 0 spiro atoms. The van der Waals surface area contributed by atoms with E-state index in [1.165, 1.54) is 0 Å². The van der Waals surface area contributed by atoms with E-state index >= 15 is 0 Å². The van der Waals surface area contributed by atoms with Crippen LogP contribution in [0.2, 0.25) is 0 Å². The molecule has 1 saturated heterocycles. The van der Waals surface area contributed by atoms with Gasteiger partial charge in [0.25, 0.3) is 0 Å². The first-order valence-electron chi connectivity index (χ1n) is 5.23. The second kappa shape index (κ2) is 3.54. The molecule has 0 bridgehead atoms. The van der Waals surface area contributed by atoms with E-state index in [-0.39, 0.29) is 22.8 Å². The summed E-state index contributed by atoms with van der Waals surface area (Å²) in [4.78, 5) is 11.8. The molecule has 3 heteroatoms. The van der Waals surface area contributed by atoms with Gasteiger partial charge in [0.1, 0.15) is 0 Å². The van der Waals surface area contributed by atoms with Gasteiger partial charge in [-0.25, -0.2) is 0 Å². The Morgan fingerprint density at radius 2 is 2.00 bits per heavy atom. The molecule has 0 saturated carbocycles. The number of nitrogens with one attached hydrogen (secondary N) is 1.